The van der Waals surface area contributed by atoms with E-state index in [1.54, 1.807) is 22.8 Å². The Morgan fingerprint density at radius 2 is 2.09 bits per heavy atom. The van der Waals surface area contributed by atoms with Gasteiger partial charge in [-0.05, 0) is 26.2 Å². The van der Waals surface area contributed by atoms with E-state index in [4.69, 9.17) is 14.2 Å². The van der Waals surface area contributed by atoms with Crippen LogP contribution in [0.5, 0.6) is 0 Å². The highest BCUT2D eigenvalue weighted by Crippen LogP contribution is 2.58. The summed E-state index contributed by atoms with van der Waals surface area (Å²) in [5, 5.41) is 9.43. The number of hydrogen-bond acceptors (Lipinski definition) is 8. The lowest BCUT2D eigenvalue weighted by Crippen LogP contribution is -2.57. The number of aliphatic hydroxyl groups is 1. The summed E-state index contributed by atoms with van der Waals surface area (Å²) in [6, 6.07) is -0.828. The van der Waals surface area contributed by atoms with E-state index in [1.807, 2.05) is 0 Å². The summed E-state index contributed by atoms with van der Waals surface area (Å²) in [6.45, 7) is 10.5. The molecule has 1 spiro atoms. The molecule has 0 unspecified atom stereocenters. The summed E-state index contributed by atoms with van der Waals surface area (Å²) in [6.07, 6.45) is 2.78. The van der Waals surface area contributed by atoms with Crippen molar-refractivity contribution >= 4 is 17.8 Å². The molecule has 10 nitrogen and oxygen atoms in total. The zero-order valence-corrected chi connectivity index (χ0v) is 20.0. The van der Waals surface area contributed by atoms with Crippen LogP contribution in [0.2, 0.25) is 0 Å². The standard InChI is InChI=1S/C24H37N3O7/c1-3-8-26(11-10-25-12-15-32-16-13-25)22(30)20-24-7-6-17(34-24)18(23(31)33-4-2)19(24)21(29)27(20)9-5-14-28/h3,17-20,28H,1,4-16H2,2H3/t17-,18+,19+,20-,24+/m1/s1. The number of likely N-dealkylation sites (tertiary alicyclic amines) is 1. The molecule has 34 heavy (non-hydrogen) atoms. The Morgan fingerprint density at radius 3 is 2.76 bits per heavy atom. The van der Waals surface area contributed by atoms with Gasteiger partial charge in [0.25, 0.3) is 0 Å². The molecular weight excluding hydrogens is 442 g/mol. The predicted octanol–water partition coefficient (Wildman–Crippen LogP) is -0.347. The molecule has 4 aliphatic heterocycles. The third kappa shape index (κ3) is 4.36. The first kappa shape index (κ1) is 25.1. The van der Waals surface area contributed by atoms with Gasteiger partial charge in [0.15, 0.2) is 0 Å². The molecule has 4 aliphatic rings. The normalized spacial score (nSPS) is 32.6. The molecular formula is C24H37N3O7. The molecule has 4 heterocycles. The SMILES string of the molecule is C=CCN(CCN1CCOCC1)C(=O)[C@H]1N(CCCO)C(=O)[C@@H]2[C@@H](C(=O)OCC)[C@H]3CC[C@]21O3. The molecule has 0 saturated carbocycles. The van der Waals surface area contributed by atoms with E-state index in [9.17, 15) is 19.5 Å². The van der Waals surface area contributed by atoms with Gasteiger partial charge in [-0.3, -0.25) is 19.3 Å². The van der Waals surface area contributed by atoms with Crippen LogP contribution >= 0.6 is 0 Å². The van der Waals surface area contributed by atoms with Crippen molar-refractivity contribution in [3.8, 4) is 0 Å². The van der Waals surface area contributed by atoms with Gasteiger partial charge in [-0.15, -0.1) is 6.58 Å². The summed E-state index contributed by atoms with van der Waals surface area (Å²) in [4.78, 5) is 46.0. The van der Waals surface area contributed by atoms with Crippen LogP contribution in [0.25, 0.3) is 0 Å². The zero-order valence-electron chi connectivity index (χ0n) is 20.0. The lowest BCUT2D eigenvalue weighted by Gasteiger charge is -2.37. The highest BCUT2D eigenvalue weighted by molar-refractivity contribution is 5.98. The Kier molecular flexibility index (Phi) is 7.91. The molecule has 2 amide bonds. The summed E-state index contributed by atoms with van der Waals surface area (Å²) in [5.74, 6) is -2.30. The molecule has 1 N–H and O–H groups in total. The van der Waals surface area contributed by atoms with E-state index in [1.165, 1.54) is 0 Å². The number of hydrogen-bond donors (Lipinski definition) is 1. The van der Waals surface area contributed by atoms with Crippen molar-refractivity contribution < 1.29 is 33.7 Å². The molecule has 4 rings (SSSR count). The molecule has 2 bridgehead atoms. The maximum absolute atomic E-state index is 14.0. The molecule has 5 atom stereocenters. The lowest BCUT2D eigenvalue weighted by molar-refractivity contribution is -0.155. The first-order chi connectivity index (χ1) is 16.5. The minimum atomic E-state index is -1.04. The first-order valence-corrected chi connectivity index (χ1v) is 12.4. The van der Waals surface area contributed by atoms with Crippen LogP contribution in [0.15, 0.2) is 12.7 Å². The zero-order chi connectivity index (χ0) is 24.3. The van der Waals surface area contributed by atoms with E-state index in [0.717, 1.165) is 13.1 Å². The molecule has 4 fully saturated rings. The Hall–Kier alpha value is -2.01. The van der Waals surface area contributed by atoms with Gasteiger partial charge in [-0.1, -0.05) is 6.08 Å². The molecule has 0 aliphatic carbocycles. The lowest BCUT2D eigenvalue weighted by atomic mass is 9.70. The predicted molar refractivity (Wildman–Crippen MR) is 122 cm³/mol. The number of fused-ring (bicyclic) bond motifs is 1. The maximum Gasteiger partial charge on any atom is 0.312 e. The number of esters is 1. The van der Waals surface area contributed by atoms with Gasteiger partial charge >= 0.3 is 5.97 Å². The highest BCUT2D eigenvalue weighted by atomic mass is 16.6. The van der Waals surface area contributed by atoms with Crippen LogP contribution in [-0.4, -0.2) is 121 Å². The smallest absolute Gasteiger partial charge is 0.312 e. The molecule has 0 aromatic carbocycles. The number of rotatable bonds is 11. The van der Waals surface area contributed by atoms with Crippen LogP contribution in [-0.2, 0) is 28.6 Å². The number of amides is 2. The van der Waals surface area contributed by atoms with Crippen molar-refractivity contribution in [1.82, 2.24) is 14.7 Å². The third-order valence-corrected chi connectivity index (χ3v) is 7.60. The van der Waals surface area contributed by atoms with Crippen molar-refractivity contribution in [3.05, 3.63) is 12.7 Å². The minimum Gasteiger partial charge on any atom is -0.466 e. The Labute approximate surface area is 200 Å². The number of carbonyl (C=O) groups excluding carboxylic acids is 3. The van der Waals surface area contributed by atoms with Gasteiger partial charge in [0.1, 0.15) is 11.6 Å². The molecule has 0 radical (unpaired) electrons. The number of aliphatic hydroxyl groups excluding tert-OH is 1. The maximum atomic E-state index is 14.0. The van der Waals surface area contributed by atoms with Crippen LogP contribution in [0.4, 0.5) is 0 Å². The Morgan fingerprint density at radius 1 is 1.32 bits per heavy atom. The van der Waals surface area contributed by atoms with Gasteiger partial charge in [-0.25, -0.2) is 0 Å². The van der Waals surface area contributed by atoms with Gasteiger partial charge in [0, 0.05) is 45.9 Å². The number of nitrogens with zero attached hydrogens (tertiary/aromatic N) is 3. The molecule has 0 aromatic rings. The highest BCUT2D eigenvalue weighted by Gasteiger charge is 2.74. The van der Waals surface area contributed by atoms with Crippen molar-refractivity contribution in [1.29, 1.82) is 0 Å². The summed E-state index contributed by atoms with van der Waals surface area (Å²) in [7, 11) is 0. The topological polar surface area (TPSA) is 109 Å². The van der Waals surface area contributed by atoms with E-state index in [-0.39, 0.29) is 31.6 Å². The number of morpholine rings is 1. The summed E-state index contributed by atoms with van der Waals surface area (Å²) < 4.78 is 17.1. The van der Waals surface area contributed by atoms with Gasteiger partial charge in [0.05, 0.1) is 37.8 Å². The molecule has 190 valence electrons. The summed E-state index contributed by atoms with van der Waals surface area (Å²) in [5.41, 5.74) is -1.04. The van der Waals surface area contributed by atoms with Gasteiger partial charge in [0.2, 0.25) is 11.8 Å². The fourth-order valence-electron chi connectivity index (χ4n) is 6.13. The number of ether oxygens (including phenoxy) is 3. The van der Waals surface area contributed by atoms with Gasteiger partial charge < -0.3 is 29.1 Å². The Balaban J connectivity index is 1.60. The van der Waals surface area contributed by atoms with Crippen LogP contribution in [0.1, 0.15) is 26.2 Å². The molecule has 10 heteroatoms. The second-order valence-electron chi connectivity index (χ2n) is 9.44. The Bertz CT molecular complexity index is 787. The van der Waals surface area contributed by atoms with Crippen molar-refractivity contribution in [2.45, 2.75) is 43.9 Å². The van der Waals surface area contributed by atoms with Gasteiger partial charge in [-0.2, -0.15) is 0 Å². The van der Waals surface area contributed by atoms with Crippen molar-refractivity contribution in [2.75, 3.05) is 65.7 Å². The molecule has 0 aromatic heterocycles. The van der Waals surface area contributed by atoms with Crippen LogP contribution in [0.3, 0.4) is 0 Å². The second-order valence-corrected chi connectivity index (χ2v) is 9.44. The van der Waals surface area contributed by atoms with E-state index >= 15 is 0 Å². The van der Waals surface area contributed by atoms with Crippen molar-refractivity contribution in [2.24, 2.45) is 11.8 Å². The second kappa shape index (κ2) is 10.7. The third-order valence-electron chi connectivity index (χ3n) is 7.60. The van der Waals surface area contributed by atoms with Crippen LogP contribution < -0.4 is 0 Å². The monoisotopic (exact) mass is 479 g/mol. The average Bonchev–Trinajstić information content (AvgIpc) is 3.48. The fourth-order valence-corrected chi connectivity index (χ4v) is 6.13. The largest absolute Gasteiger partial charge is 0.466 e. The number of carbonyl (C=O) groups is 3. The van der Waals surface area contributed by atoms with E-state index < -0.39 is 35.6 Å². The first-order valence-electron chi connectivity index (χ1n) is 12.4. The fraction of sp³-hybridized carbons (Fsp3) is 0.792. The molecule has 4 saturated heterocycles. The van der Waals surface area contributed by atoms with E-state index in [0.29, 0.717) is 52.1 Å². The van der Waals surface area contributed by atoms with E-state index in [2.05, 4.69) is 11.5 Å². The van der Waals surface area contributed by atoms with Crippen LogP contribution in [0, 0.1) is 11.8 Å². The summed E-state index contributed by atoms with van der Waals surface area (Å²) >= 11 is 0. The quantitative estimate of drug-likeness (QED) is 0.317. The van der Waals surface area contributed by atoms with Crippen molar-refractivity contribution in [3.63, 3.8) is 0 Å². The minimum absolute atomic E-state index is 0.0967. The average molecular weight is 480 g/mol.